The van der Waals surface area contributed by atoms with Gasteiger partial charge in [-0.1, -0.05) is 46.3 Å². The van der Waals surface area contributed by atoms with Gasteiger partial charge in [0.2, 0.25) is 5.91 Å². The Hall–Kier alpha value is -1.35. The van der Waals surface area contributed by atoms with Crippen molar-refractivity contribution in [3.8, 4) is 0 Å². The van der Waals surface area contributed by atoms with E-state index in [1.807, 2.05) is 23.1 Å². The molecule has 1 aliphatic heterocycles. The first-order chi connectivity index (χ1) is 8.25. The lowest BCUT2D eigenvalue weighted by molar-refractivity contribution is -0.116. The summed E-state index contributed by atoms with van der Waals surface area (Å²) >= 11 is 3.40. The Morgan fingerprint density at radius 1 is 1.12 bits per heavy atom. The lowest BCUT2D eigenvalue weighted by atomic mass is 10.1. The summed E-state index contributed by atoms with van der Waals surface area (Å²) < 4.78 is 0. The van der Waals surface area contributed by atoms with Gasteiger partial charge in [0.05, 0.1) is 4.83 Å². The number of nitrogens with zero attached hydrogens (tertiary/aromatic N) is 1. The fourth-order valence-corrected chi connectivity index (χ4v) is 2.70. The van der Waals surface area contributed by atoms with E-state index in [1.54, 1.807) is 0 Å². The average molecular weight is 290 g/mol. The number of halogens is 1. The van der Waals surface area contributed by atoms with Gasteiger partial charge >= 0.3 is 0 Å². The summed E-state index contributed by atoms with van der Waals surface area (Å²) in [6.45, 7) is 0.799. The molecule has 1 saturated heterocycles. The van der Waals surface area contributed by atoms with Gasteiger partial charge in [-0.25, -0.2) is 0 Å². The Bertz CT molecular complexity index is 581. The molecule has 0 bridgehead atoms. The second kappa shape index (κ2) is 4.15. The summed E-state index contributed by atoms with van der Waals surface area (Å²) in [6, 6.07) is 14.4. The zero-order chi connectivity index (χ0) is 11.8. The maximum absolute atomic E-state index is 11.9. The molecule has 0 N–H and O–H groups in total. The largest absolute Gasteiger partial charge is 0.311 e. The van der Waals surface area contributed by atoms with Crippen LogP contribution in [0.15, 0.2) is 42.5 Å². The first-order valence-electron chi connectivity index (χ1n) is 5.70. The van der Waals surface area contributed by atoms with Crippen molar-refractivity contribution in [1.82, 2.24) is 0 Å². The van der Waals surface area contributed by atoms with Crippen LogP contribution >= 0.6 is 15.9 Å². The normalized spacial score (nSPS) is 20.2. The van der Waals surface area contributed by atoms with Crippen molar-refractivity contribution in [2.45, 2.75) is 11.2 Å². The highest BCUT2D eigenvalue weighted by atomic mass is 79.9. The van der Waals surface area contributed by atoms with E-state index in [-0.39, 0.29) is 10.7 Å². The Balaban J connectivity index is 2.04. The van der Waals surface area contributed by atoms with Crippen molar-refractivity contribution < 1.29 is 4.79 Å². The van der Waals surface area contributed by atoms with Crippen LogP contribution in [0, 0.1) is 0 Å². The Kier molecular flexibility index (Phi) is 2.63. The molecule has 2 aromatic carbocycles. The first-order valence-corrected chi connectivity index (χ1v) is 6.61. The van der Waals surface area contributed by atoms with Crippen molar-refractivity contribution in [2.75, 3.05) is 11.4 Å². The molecule has 2 nitrogen and oxygen atoms in total. The molecule has 17 heavy (non-hydrogen) atoms. The zero-order valence-electron chi connectivity index (χ0n) is 9.27. The van der Waals surface area contributed by atoms with E-state index in [9.17, 15) is 4.79 Å². The van der Waals surface area contributed by atoms with E-state index in [4.69, 9.17) is 0 Å². The fourth-order valence-electron chi connectivity index (χ4n) is 2.25. The van der Waals surface area contributed by atoms with Gasteiger partial charge in [-0.2, -0.15) is 0 Å². The topological polar surface area (TPSA) is 20.3 Å². The Labute approximate surface area is 108 Å². The van der Waals surface area contributed by atoms with Crippen LogP contribution in [0.3, 0.4) is 0 Å². The zero-order valence-corrected chi connectivity index (χ0v) is 10.9. The highest BCUT2D eigenvalue weighted by Crippen LogP contribution is 2.28. The molecule has 86 valence electrons. The van der Waals surface area contributed by atoms with Crippen LogP contribution in [0.5, 0.6) is 0 Å². The highest BCUT2D eigenvalue weighted by molar-refractivity contribution is 9.10. The van der Waals surface area contributed by atoms with E-state index in [1.165, 1.54) is 10.8 Å². The molecule has 2 aromatic rings. The third-order valence-electron chi connectivity index (χ3n) is 3.18. The monoisotopic (exact) mass is 289 g/mol. The van der Waals surface area contributed by atoms with Gasteiger partial charge in [0.15, 0.2) is 0 Å². The predicted octanol–water partition coefficient (Wildman–Crippen LogP) is 3.34. The second-order valence-electron chi connectivity index (χ2n) is 4.28. The van der Waals surface area contributed by atoms with Crippen LogP contribution in [-0.4, -0.2) is 17.3 Å². The number of carbonyl (C=O) groups is 1. The van der Waals surface area contributed by atoms with E-state index in [2.05, 4.69) is 40.2 Å². The number of rotatable bonds is 1. The van der Waals surface area contributed by atoms with Crippen molar-refractivity contribution in [3.05, 3.63) is 42.5 Å². The minimum atomic E-state index is -0.0195. The SMILES string of the molecule is O=C1[C@@H](Br)CCN1c1ccc2ccccc2c1. The quantitative estimate of drug-likeness (QED) is 0.738. The third kappa shape index (κ3) is 1.84. The van der Waals surface area contributed by atoms with Gasteiger partial charge in [0.25, 0.3) is 0 Å². The Morgan fingerprint density at radius 3 is 2.59 bits per heavy atom. The van der Waals surface area contributed by atoms with Crippen molar-refractivity contribution in [2.24, 2.45) is 0 Å². The van der Waals surface area contributed by atoms with Gasteiger partial charge < -0.3 is 4.90 Å². The maximum atomic E-state index is 11.9. The third-order valence-corrected chi connectivity index (χ3v) is 4.03. The summed E-state index contributed by atoms with van der Waals surface area (Å²) in [5, 5.41) is 2.38. The predicted molar refractivity (Wildman–Crippen MR) is 73.6 cm³/mol. The Morgan fingerprint density at radius 2 is 1.88 bits per heavy atom. The molecular formula is C14H12BrNO. The summed E-state index contributed by atoms with van der Waals surface area (Å²) in [5.74, 6) is 0.167. The smallest absolute Gasteiger partial charge is 0.240 e. The summed E-state index contributed by atoms with van der Waals surface area (Å²) in [5.41, 5.74) is 0.996. The van der Waals surface area contributed by atoms with E-state index in [0.29, 0.717) is 0 Å². The van der Waals surface area contributed by atoms with Crippen molar-refractivity contribution >= 4 is 38.3 Å². The highest BCUT2D eigenvalue weighted by Gasteiger charge is 2.30. The number of amides is 1. The number of fused-ring (bicyclic) bond motifs is 1. The van der Waals surface area contributed by atoms with Crippen LogP contribution < -0.4 is 4.90 Å². The number of hydrogen-bond donors (Lipinski definition) is 0. The lowest BCUT2D eigenvalue weighted by Crippen LogP contribution is -2.26. The van der Waals surface area contributed by atoms with Crippen molar-refractivity contribution in [3.63, 3.8) is 0 Å². The van der Waals surface area contributed by atoms with Crippen LogP contribution in [0.25, 0.3) is 10.8 Å². The average Bonchev–Trinajstić information content (AvgIpc) is 2.70. The fraction of sp³-hybridized carbons (Fsp3) is 0.214. The first kappa shape index (κ1) is 10.8. The summed E-state index contributed by atoms with van der Waals surface area (Å²) in [6.07, 6.45) is 0.881. The van der Waals surface area contributed by atoms with Crippen molar-refractivity contribution in [1.29, 1.82) is 0 Å². The molecule has 1 atom stereocenters. The van der Waals surface area contributed by atoms with E-state index >= 15 is 0 Å². The summed E-state index contributed by atoms with van der Waals surface area (Å²) in [4.78, 5) is 13.8. The van der Waals surface area contributed by atoms with Gasteiger partial charge in [0, 0.05) is 12.2 Å². The number of anilines is 1. The van der Waals surface area contributed by atoms with E-state index in [0.717, 1.165) is 18.7 Å². The molecular weight excluding hydrogens is 278 g/mol. The van der Waals surface area contributed by atoms with Crippen LogP contribution in [0.1, 0.15) is 6.42 Å². The van der Waals surface area contributed by atoms with Crippen LogP contribution in [0.2, 0.25) is 0 Å². The van der Waals surface area contributed by atoms with Gasteiger partial charge in [-0.15, -0.1) is 0 Å². The van der Waals surface area contributed by atoms with Crippen LogP contribution in [-0.2, 0) is 4.79 Å². The molecule has 1 amide bonds. The number of hydrogen-bond acceptors (Lipinski definition) is 1. The maximum Gasteiger partial charge on any atom is 0.240 e. The second-order valence-corrected chi connectivity index (χ2v) is 5.38. The summed E-state index contributed by atoms with van der Waals surface area (Å²) in [7, 11) is 0. The number of carbonyl (C=O) groups excluding carboxylic acids is 1. The van der Waals surface area contributed by atoms with Crippen LogP contribution in [0.4, 0.5) is 5.69 Å². The minimum absolute atomic E-state index is 0.0195. The molecule has 0 saturated carbocycles. The standard InChI is InChI=1S/C14H12BrNO/c15-13-7-8-16(14(13)17)12-6-5-10-3-1-2-4-11(10)9-12/h1-6,9,13H,7-8H2/t13-/m0/s1. The number of alkyl halides is 1. The molecule has 1 aliphatic rings. The van der Waals surface area contributed by atoms with E-state index < -0.39 is 0 Å². The molecule has 1 fully saturated rings. The molecule has 3 rings (SSSR count). The van der Waals surface area contributed by atoms with Gasteiger partial charge in [0.1, 0.15) is 0 Å². The molecule has 0 radical (unpaired) electrons. The molecule has 0 unspecified atom stereocenters. The molecule has 0 aliphatic carbocycles. The van der Waals surface area contributed by atoms with Gasteiger partial charge in [-0.3, -0.25) is 4.79 Å². The molecule has 3 heteroatoms. The number of benzene rings is 2. The molecule has 1 heterocycles. The lowest BCUT2D eigenvalue weighted by Gasteiger charge is -2.16. The minimum Gasteiger partial charge on any atom is -0.311 e. The van der Waals surface area contributed by atoms with Gasteiger partial charge in [-0.05, 0) is 29.3 Å². The molecule has 0 spiro atoms. The molecule has 0 aromatic heterocycles.